The fourth-order valence-corrected chi connectivity index (χ4v) is 2.39. The van der Waals surface area contributed by atoms with Gasteiger partial charge in [0.1, 0.15) is 0 Å². The molecule has 0 aromatic heterocycles. The SMILES string of the molecule is CCN(CCO)c1ccc(NCC2CCOC2)cc1. The maximum absolute atomic E-state index is 9.02. The average Bonchev–Trinajstić information content (AvgIpc) is 2.96. The lowest BCUT2D eigenvalue weighted by Gasteiger charge is -2.22. The van der Waals surface area contributed by atoms with E-state index in [0.717, 1.165) is 44.1 Å². The van der Waals surface area contributed by atoms with Crippen molar-refractivity contribution < 1.29 is 9.84 Å². The zero-order valence-corrected chi connectivity index (χ0v) is 11.6. The van der Waals surface area contributed by atoms with Crippen LogP contribution in [0.3, 0.4) is 0 Å². The normalized spacial score (nSPS) is 18.5. The predicted molar refractivity (Wildman–Crippen MR) is 78.8 cm³/mol. The number of aliphatic hydroxyl groups excluding tert-OH is 1. The molecule has 1 atom stereocenters. The second-order valence-electron chi connectivity index (χ2n) is 4.96. The molecule has 0 amide bonds. The van der Waals surface area contributed by atoms with Crippen LogP contribution in [-0.4, -0.2) is 44.6 Å². The van der Waals surface area contributed by atoms with E-state index in [1.165, 1.54) is 0 Å². The van der Waals surface area contributed by atoms with Gasteiger partial charge in [-0.25, -0.2) is 0 Å². The summed E-state index contributed by atoms with van der Waals surface area (Å²) in [6.45, 7) is 6.64. The number of likely N-dealkylation sites (N-methyl/N-ethyl adjacent to an activating group) is 1. The maximum atomic E-state index is 9.02. The van der Waals surface area contributed by atoms with Crippen LogP contribution >= 0.6 is 0 Å². The molecule has 4 heteroatoms. The van der Waals surface area contributed by atoms with Gasteiger partial charge in [-0.15, -0.1) is 0 Å². The van der Waals surface area contributed by atoms with E-state index in [2.05, 4.69) is 41.4 Å². The standard InChI is InChI=1S/C15H24N2O2/c1-2-17(8-9-18)15-5-3-14(4-6-15)16-11-13-7-10-19-12-13/h3-6,13,16,18H,2,7-12H2,1H3. The van der Waals surface area contributed by atoms with Crippen molar-refractivity contribution in [3.63, 3.8) is 0 Å². The van der Waals surface area contributed by atoms with Gasteiger partial charge in [-0.1, -0.05) is 0 Å². The van der Waals surface area contributed by atoms with Crippen LogP contribution in [0.5, 0.6) is 0 Å². The lowest BCUT2D eigenvalue weighted by Crippen LogP contribution is -2.26. The summed E-state index contributed by atoms with van der Waals surface area (Å²) in [7, 11) is 0. The number of aliphatic hydroxyl groups is 1. The molecule has 1 aromatic rings. The highest BCUT2D eigenvalue weighted by atomic mass is 16.5. The topological polar surface area (TPSA) is 44.7 Å². The third-order valence-electron chi connectivity index (χ3n) is 3.60. The molecule has 1 fully saturated rings. The first-order valence-electron chi connectivity index (χ1n) is 7.11. The van der Waals surface area contributed by atoms with E-state index in [9.17, 15) is 0 Å². The van der Waals surface area contributed by atoms with Crippen molar-refractivity contribution in [2.24, 2.45) is 5.92 Å². The van der Waals surface area contributed by atoms with E-state index in [1.54, 1.807) is 0 Å². The Morgan fingerprint density at radius 1 is 1.37 bits per heavy atom. The summed E-state index contributed by atoms with van der Waals surface area (Å²) in [5.41, 5.74) is 2.31. The Balaban J connectivity index is 1.86. The third kappa shape index (κ3) is 4.11. The van der Waals surface area contributed by atoms with Crippen LogP contribution in [-0.2, 0) is 4.74 Å². The molecule has 1 saturated heterocycles. The molecule has 1 heterocycles. The lowest BCUT2D eigenvalue weighted by molar-refractivity contribution is 0.187. The largest absolute Gasteiger partial charge is 0.395 e. The average molecular weight is 264 g/mol. The summed E-state index contributed by atoms with van der Waals surface area (Å²) in [6.07, 6.45) is 1.16. The van der Waals surface area contributed by atoms with Crippen LogP contribution in [0.2, 0.25) is 0 Å². The minimum atomic E-state index is 0.190. The zero-order valence-electron chi connectivity index (χ0n) is 11.6. The Morgan fingerprint density at radius 2 is 2.16 bits per heavy atom. The molecule has 4 nitrogen and oxygen atoms in total. The molecule has 0 bridgehead atoms. The van der Waals surface area contributed by atoms with Crippen molar-refractivity contribution in [1.29, 1.82) is 0 Å². The van der Waals surface area contributed by atoms with E-state index < -0.39 is 0 Å². The smallest absolute Gasteiger partial charge is 0.0606 e. The first kappa shape index (κ1) is 14.2. The number of hydrogen-bond acceptors (Lipinski definition) is 4. The Bertz CT molecular complexity index is 361. The molecule has 1 aliphatic rings. The summed E-state index contributed by atoms with van der Waals surface area (Å²) in [5.74, 6) is 0.640. The first-order chi connectivity index (χ1) is 9.33. The first-order valence-corrected chi connectivity index (χ1v) is 7.11. The minimum Gasteiger partial charge on any atom is -0.395 e. The molecule has 0 aliphatic carbocycles. The minimum absolute atomic E-state index is 0.190. The number of hydrogen-bond donors (Lipinski definition) is 2. The van der Waals surface area contributed by atoms with Crippen molar-refractivity contribution in [1.82, 2.24) is 0 Å². The highest BCUT2D eigenvalue weighted by Gasteiger charge is 2.14. The molecular formula is C15H24N2O2. The number of nitrogens with zero attached hydrogens (tertiary/aromatic N) is 1. The number of rotatable bonds is 7. The second-order valence-corrected chi connectivity index (χ2v) is 4.96. The van der Waals surface area contributed by atoms with Crippen LogP contribution in [0.15, 0.2) is 24.3 Å². The van der Waals surface area contributed by atoms with Crippen LogP contribution < -0.4 is 10.2 Å². The van der Waals surface area contributed by atoms with Crippen LogP contribution in [0.4, 0.5) is 11.4 Å². The fourth-order valence-electron chi connectivity index (χ4n) is 2.39. The molecule has 2 rings (SSSR count). The molecule has 1 aliphatic heterocycles. The third-order valence-corrected chi connectivity index (χ3v) is 3.60. The van der Waals surface area contributed by atoms with E-state index in [0.29, 0.717) is 12.5 Å². The van der Waals surface area contributed by atoms with Gasteiger partial charge in [0.25, 0.3) is 0 Å². The molecule has 1 aromatic carbocycles. The summed E-state index contributed by atoms with van der Waals surface area (Å²) in [4.78, 5) is 2.16. The second kappa shape index (κ2) is 7.36. The van der Waals surface area contributed by atoms with Crippen molar-refractivity contribution >= 4 is 11.4 Å². The number of anilines is 2. The number of benzene rings is 1. The summed E-state index contributed by atoms with van der Waals surface area (Å²) < 4.78 is 5.37. The molecular weight excluding hydrogens is 240 g/mol. The van der Waals surface area contributed by atoms with Crippen LogP contribution in [0.25, 0.3) is 0 Å². The molecule has 2 N–H and O–H groups in total. The quantitative estimate of drug-likeness (QED) is 0.790. The molecule has 0 spiro atoms. The maximum Gasteiger partial charge on any atom is 0.0606 e. The lowest BCUT2D eigenvalue weighted by atomic mass is 10.1. The van der Waals surface area contributed by atoms with Gasteiger partial charge in [0, 0.05) is 43.5 Å². The van der Waals surface area contributed by atoms with Gasteiger partial charge in [-0.05, 0) is 37.6 Å². The highest BCUT2D eigenvalue weighted by Crippen LogP contribution is 2.19. The van der Waals surface area contributed by atoms with Gasteiger partial charge >= 0.3 is 0 Å². The van der Waals surface area contributed by atoms with Crippen molar-refractivity contribution in [3.05, 3.63) is 24.3 Å². The predicted octanol–water partition coefficient (Wildman–Crippen LogP) is 1.95. The van der Waals surface area contributed by atoms with Crippen molar-refractivity contribution in [2.45, 2.75) is 13.3 Å². The summed E-state index contributed by atoms with van der Waals surface area (Å²) >= 11 is 0. The van der Waals surface area contributed by atoms with Crippen molar-refractivity contribution in [2.75, 3.05) is 49.7 Å². The Kier molecular flexibility index (Phi) is 5.48. The monoisotopic (exact) mass is 264 g/mol. The molecule has 0 radical (unpaired) electrons. The molecule has 106 valence electrons. The van der Waals surface area contributed by atoms with Crippen LogP contribution in [0, 0.1) is 5.92 Å². The molecule has 1 unspecified atom stereocenters. The molecule has 0 saturated carbocycles. The van der Waals surface area contributed by atoms with E-state index >= 15 is 0 Å². The highest BCUT2D eigenvalue weighted by molar-refractivity contribution is 5.55. The number of nitrogens with one attached hydrogen (secondary N) is 1. The summed E-state index contributed by atoms with van der Waals surface area (Å²) in [6, 6.07) is 8.41. The Hall–Kier alpha value is -1.26. The van der Waals surface area contributed by atoms with Gasteiger partial charge in [0.05, 0.1) is 13.2 Å². The Labute approximate surface area is 115 Å². The van der Waals surface area contributed by atoms with Gasteiger partial charge in [0.15, 0.2) is 0 Å². The van der Waals surface area contributed by atoms with Crippen molar-refractivity contribution in [3.8, 4) is 0 Å². The number of ether oxygens (including phenoxy) is 1. The Morgan fingerprint density at radius 3 is 2.74 bits per heavy atom. The van der Waals surface area contributed by atoms with E-state index in [1.807, 2.05) is 0 Å². The van der Waals surface area contributed by atoms with Gasteiger partial charge in [0.2, 0.25) is 0 Å². The van der Waals surface area contributed by atoms with E-state index in [4.69, 9.17) is 9.84 Å². The van der Waals surface area contributed by atoms with Crippen LogP contribution in [0.1, 0.15) is 13.3 Å². The zero-order chi connectivity index (χ0) is 13.5. The molecule has 19 heavy (non-hydrogen) atoms. The summed E-state index contributed by atoms with van der Waals surface area (Å²) in [5, 5.41) is 12.5. The fraction of sp³-hybridized carbons (Fsp3) is 0.600. The van der Waals surface area contributed by atoms with Gasteiger partial charge < -0.3 is 20.1 Å². The van der Waals surface area contributed by atoms with Gasteiger partial charge in [-0.3, -0.25) is 0 Å². The van der Waals surface area contributed by atoms with E-state index in [-0.39, 0.29) is 6.61 Å². The van der Waals surface area contributed by atoms with Gasteiger partial charge in [-0.2, -0.15) is 0 Å².